The molecule has 0 unspecified atom stereocenters. The number of aromatic amines is 1. The quantitative estimate of drug-likeness (QED) is 0.745. The number of hydrogen-bond acceptors (Lipinski definition) is 1. The first kappa shape index (κ1) is 14.0. The molecule has 116 valence electrons. The van der Waals surface area contributed by atoms with E-state index in [1.54, 1.807) is 6.07 Å². The summed E-state index contributed by atoms with van der Waals surface area (Å²) >= 11 is 0. The predicted molar refractivity (Wildman–Crippen MR) is 89.0 cm³/mol. The highest BCUT2D eigenvalue weighted by Crippen LogP contribution is 2.51. The van der Waals surface area contributed by atoms with Gasteiger partial charge >= 0.3 is 0 Å². The zero-order valence-electron chi connectivity index (χ0n) is 12.8. The van der Waals surface area contributed by atoms with Gasteiger partial charge in [-0.1, -0.05) is 12.1 Å². The first-order chi connectivity index (χ1) is 11.1. The lowest BCUT2D eigenvalue weighted by Crippen LogP contribution is -2.27. The van der Waals surface area contributed by atoms with Crippen molar-refractivity contribution in [1.82, 2.24) is 4.98 Å². The Morgan fingerprint density at radius 3 is 2.78 bits per heavy atom. The largest absolute Gasteiger partial charge is 0.361 e. The molecule has 1 saturated carbocycles. The average molecular weight is 308 g/mol. The Labute approximate surface area is 133 Å². The van der Waals surface area contributed by atoms with Gasteiger partial charge in [0.2, 0.25) is 5.91 Å². The van der Waals surface area contributed by atoms with Crippen molar-refractivity contribution in [2.75, 3.05) is 5.32 Å². The minimum absolute atomic E-state index is 0.0201. The Hall–Kier alpha value is -2.62. The normalized spacial score (nSPS) is 15.6. The summed E-state index contributed by atoms with van der Waals surface area (Å²) < 4.78 is 13.6. The van der Waals surface area contributed by atoms with E-state index in [4.69, 9.17) is 0 Å². The fourth-order valence-electron chi connectivity index (χ4n) is 3.21. The van der Waals surface area contributed by atoms with Crippen LogP contribution in [0, 0.1) is 12.7 Å². The molecule has 23 heavy (non-hydrogen) atoms. The lowest BCUT2D eigenvalue weighted by Gasteiger charge is -2.15. The average Bonchev–Trinajstić information content (AvgIpc) is 3.22. The molecule has 0 atom stereocenters. The highest BCUT2D eigenvalue weighted by molar-refractivity contribution is 6.04. The van der Waals surface area contributed by atoms with Crippen LogP contribution in [0.3, 0.4) is 0 Å². The Morgan fingerprint density at radius 1 is 1.22 bits per heavy atom. The maximum absolute atomic E-state index is 13.6. The van der Waals surface area contributed by atoms with Gasteiger partial charge in [-0.25, -0.2) is 4.39 Å². The van der Waals surface area contributed by atoms with E-state index in [1.165, 1.54) is 12.1 Å². The summed E-state index contributed by atoms with van der Waals surface area (Å²) in [6, 6.07) is 12.4. The third-order valence-corrected chi connectivity index (χ3v) is 4.62. The summed E-state index contributed by atoms with van der Waals surface area (Å²) in [4.78, 5) is 16.0. The summed E-state index contributed by atoms with van der Waals surface area (Å²) in [5, 5.41) is 3.80. The molecule has 2 N–H and O–H groups in total. The molecular weight excluding hydrogens is 291 g/mol. The fraction of sp³-hybridized carbons (Fsp3) is 0.211. The van der Waals surface area contributed by atoms with Crippen molar-refractivity contribution in [2.45, 2.75) is 25.2 Å². The molecule has 4 rings (SSSR count). The molecule has 1 heterocycles. The van der Waals surface area contributed by atoms with Crippen LogP contribution in [0.5, 0.6) is 0 Å². The Bertz CT molecular complexity index is 909. The molecule has 1 aliphatic carbocycles. The van der Waals surface area contributed by atoms with Gasteiger partial charge in [-0.05, 0) is 61.2 Å². The first-order valence-electron chi connectivity index (χ1n) is 7.74. The predicted octanol–water partition coefficient (Wildman–Crippen LogP) is 4.29. The molecule has 0 spiro atoms. The number of carbonyl (C=O) groups excluding carboxylic acids is 1. The minimum atomic E-state index is -0.546. The summed E-state index contributed by atoms with van der Waals surface area (Å²) in [6.07, 6.45) is 3.41. The van der Waals surface area contributed by atoms with Gasteiger partial charge in [0, 0.05) is 22.8 Å². The maximum Gasteiger partial charge on any atom is 0.235 e. The van der Waals surface area contributed by atoms with Crippen LogP contribution in [0.25, 0.3) is 10.9 Å². The third kappa shape index (κ3) is 2.31. The van der Waals surface area contributed by atoms with Gasteiger partial charge in [0.1, 0.15) is 5.82 Å². The van der Waals surface area contributed by atoms with E-state index in [-0.39, 0.29) is 11.7 Å². The van der Waals surface area contributed by atoms with Gasteiger partial charge < -0.3 is 10.3 Å². The summed E-state index contributed by atoms with van der Waals surface area (Å²) in [5.74, 6) is -0.304. The number of rotatable bonds is 3. The topological polar surface area (TPSA) is 44.9 Å². The maximum atomic E-state index is 13.6. The lowest BCUT2D eigenvalue weighted by atomic mass is 9.94. The molecule has 2 aromatic carbocycles. The van der Waals surface area contributed by atoms with Crippen LogP contribution in [0.1, 0.15) is 24.0 Å². The number of halogens is 1. The molecule has 0 bridgehead atoms. The number of benzene rings is 2. The van der Waals surface area contributed by atoms with E-state index in [2.05, 4.69) is 10.3 Å². The third-order valence-electron chi connectivity index (χ3n) is 4.62. The minimum Gasteiger partial charge on any atom is -0.361 e. The summed E-state index contributed by atoms with van der Waals surface area (Å²) in [7, 11) is 0. The molecule has 0 radical (unpaired) electrons. The van der Waals surface area contributed by atoms with E-state index < -0.39 is 5.41 Å². The monoisotopic (exact) mass is 308 g/mol. The van der Waals surface area contributed by atoms with Gasteiger partial charge in [-0.15, -0.1) is 0 Å². The molecule has 3 aromatic rings. The van der Waals surface area contributed by atoms with Crippen LogP contribution in [0.15, 0.2) is 48.7 Å². The molecule has 0 saturated heterocycles. The van der Waals surface area contributed by atoms with Gasteiger partial charge in [0.05, 0.1) is 5.41 Å². The van der Waals surface area contributed by atoms with Crippen LogP contribution in [0.4, 0.5) is 10.1 Å². The van der Waals surface area contributed by atoms with E-state index in [0.29, 0.717) is 0 Å². The number of hydrogen-bond donors (Lipinski definition) is 2. The molecule has 1 fully saturated rings. The van der Waals surface area contributed by atoms with Crippen molar-refractivity contribution in [1.29, 1.82) is 0 Å². The second kappa shape index (κ2) is 4.95. The van der Waals surface area contributed by atoms with Crippen LogP contribution in [-0.2, 0) is 10.2 Å². The number of amides is 1. The van der Waals surface area contributed by atoms with Gasteiger partial charge in [-0.2, -0.15) is 0 Å². The number of nitrogens with one attached hydrogen (secondary N) is 2. The molecule has 1 amide bonds. The van der Waals surface area contributed by atoms with E-state index in [0.717, 1.165) is 40.6 Å². The summed E-state index contributed by atoms with van der Waals surface area (Å²) in [5.41, 5.74) is 3.10. The molecule has 0 aliphatic heterocycles. The van der Waals surface area contributed by atoms with Crippen molar-refractivity contribution < 1.29 is 9.18 Å². The highest BCUT2D eigenvalue weighted by Gasteiger charge is 2.52. The SMILES string of the molecule is Cc1cccc(NC(=O)C2(c3c[nH]c4ccc(F)cc34)CC2)c1. The van der Waals surface area contributed by atoms with Crippen molar-refractivity contribution in [3.63, 3.8) is 0 Å². The Kier molecular flexibility index (Phi) is 3.01. The van der Waals surface area contributed by atoms with Crippen LogP contribution in [0.2, 0.25) is 0 Å². The van der Waals surface area contributed by atoms with Gasteiger partial charge in [0.25, 0.3) is 0 Å². The standard InChI is InChI=1S/C19H17FN2O/c1-12-3-2-4-14(9-12)22-18(23)19(7-8-19)16-11-21-17-6-5-13(20)10-15(16)17/h2-6,9-11,21H,7-8H2,1H3,(H,22,23). The van der Waals surface area contributed by atoms with Crippen molar-refractivity contribution in [3.05, 3.63) is 65.6 Å². The van der Waals surface area contributed by atoms with Crippen LogP contribution in [-0.4, -0.2) is 10.9 Å². The number of H-pyrrole nitrogens is 1. The number of aromatic nitrogens is 1. The Balaban J connectivity index is 1.69. The van der Waals surface area contributed by atoms with E-state index >= 15 is 0 Å². The molecule has 1 aliphatic rings. The smallest absolute Gasteiger partial charge is 0.235 e. The van der Waals surface area contributed by atoms with Crippen LogP contribution < -0.4 is 5.32 Å². The van der Waals surface area contributed by atoms with Crippen LogP contribution >= 0.6 is 0 Å². The number of carbonyl (C=O) groups is 1. The second-order valence-corrected chi connectivity index (χ2v) is 6.30. The number of anilines is 1. The highest BCUT2D eigenvalue weighted by atomic mass is 19.1. The zero-order chi connectivity index (χ0) is 16.0. The first-order valence-corrected chi connectivity index (χ1v) is 7.74. The lowest BCUT2D eigenvalue weighted by molar-refractivity contribution is -0.118. The number of aryl methyl sites for hydroxylation is 1. The summed E-state index contributed by atoms with van der Waals surface area (Å²) in [6.45, 7) is 1.99. The molecule has 4 heteroatoms. The molecule has 1 aromatic heterocycles. The zero-order valence-corrected chi connectivity index (χ0v) is 12.8. The Morgan fingerprint density at radius 2 is 2.04 bits per heavy atom. The van der Waals surface area contributed by atoms with E-state index in [9.17, 15) is 9.18 Å². The second-order valence-electron chi connectivity index (χ2n) is 6.30. The number of fused-ring (bicyclic) bond motifs is 1. The van der Waals surface area contributed by atoms with Crippen molar-refractivity contribution >= 4 is 22.5 Å². The van der Waals surface area contributed by atoms with E-state index in [1.807, 2.05) is 37.4 Å². The van der Waals surface area contributed by atoms with Crippen molar-refractivity contribution in [3.8, 4) is 0 Å². The van der Waals surface area contributed by atoms with Gasteiger partial charge in [-0.3, -0.25) is 4.79 Å². The van der Waals surface area contributed by atoms with Crippen molar-refractivity contribution in [2.24, 2.45) is 0 Å². The molecule has 3 nitrogen and oxygen atoms in total. The molecular formula is C19H17FN2O. The fourth-order valence-corrected chi connectivity index (χ4v) is 3.21. The van der Waals surface area contributed by atoms with Gasteiger partial charge in [0.15, 0.2) is 0 Å².